The number of hydrogen-bond acceptors (Lipinski definition) is 4. The van der Waals surface area contributed by atoms with E-state index in [4.69, 9.17) is 4.74 Å². The number of ether oxygens (including phenoxy) is 1. The molecule has 1 aliphatic heterocycles. The molecule has 1 atom stereocenters. The highest BCUT2D eigenvalue weighted by Crippen LogP contribution is 2.25. The topological polar surface area (TPSA) is 87.7 Å². The summed E-state index contributed by atoms with van der Waals surface area (Å²) in [5.41, 5.74) is 5.45. The summed E-state index contributed by atoms with van der Waals surface area (Å²) in [6.07, 6.45) is 0.202. The van der Waals surface area contributed by atoms with Crippen molar-refractivity contribution in [2.75, 3.05) is 11.9 Å². The summed E-state index contributed by atoms with van der Waals surface area (Å²) in [5.74, 6) is -0.520. The molecule has 0 unspecified atom stereocenters. The zero-order valence-corrected chi connectivity index (χ0v) is 24.8. The maximum absolute atomic E-state index is 13.5. The van der Waals surface area contributed by atoms with Gasteiger partial charge in [0.2, 0.25) is 0 Å². The average molecular weight is 576 g/mol. The van der Waals surface area contributed by atoms with Crippen molar-refractivity contribution in [2.24, 2.45) is 0 Å². The van der Waals surface area contributed by atoms with Crippen molar-refractivity contribution < 1.29 is 19.1 Å². The van der Waals surface area contributed by atoms with Gasteiger partial charge in [-0.1, -0.05) is 93.6 Å². The highest BCUT2D eigenvalue weighted by molar-refractivity contribution is 6.04. The normalized spacial score (nSPS) is 14.7. The van der Waals surface area contributed by atoms with Crippen LogP contribution in [0, 0.1) is 0 Å². The summed E-state index contributed by atoms with van der Waals surface area (Å²) in [5, 5.41) is 5.95. The number of hydrogen-bond donors (Lipinski definition) is 2. The Morgan fingerprint density at radius 2 is 1.51 bits per heavy atom. The molecule has 7 nitrogen and oxygen atoms in total. The van der Waals surface area contributed by atoms with E-state index >= 15 is 0 Å². The molecule has 0 aliphatic carbocycles. The molecule has 1 saturated heterocycles. The summed E-state index contributed by atoms with van der Waals surface area (Å²) in [6, 6.07) is 32.1. The van der Waals surface area contributed by atoms with Crippen LogP contribution in [0.4, 0.5) is 10.5 Å². The number of anilines is 1. The van der Waals surface area contributed by atoms with Crippen LogP contribution < -0.4 is 10.6 Å². The van der Waals surface area contributed by atoms with Crippen LogP contribution in [0.5, 0.6) is 0 Å². The quantitative estimate of drug-likeness (QED) is 0.232. The van der Waals surface area contributed by atoms with Gasteiger partial charge in [-0.15, -0.1) is 0 Å². The zero-order valence-electron chi connectivity index (χ0n) is 24.8. The minimum Gasteiger partial charge on any atom is -0.447 e. The number of nitrogens with one attached hydrogen (secondary N) is 2. The Hall–Kier alpha value is -4.91. The molecule has 0 saturated carbocycles. The van der Waals surface area contributed by atoms with Gasteiger partial charge in [0.25, 0.3) is 11.8 Å². The van der Waals surface area contributed by atoms with E-state index in [-0.39, 0.29) is 36.4 Å². The Bertz CT molecular complexity index is 1580. The van der Waals surface area contributed by atoms with Gasteiger partial charge in [0.05, 0.1) is 12.6 Å². The lowest BCUT2D eigenvalue weighted by Gasteiger charge is -2.23. The molecule has 4 aromatic carbocycles. The van der Waals surface area contributed by atoms with E-state index in [0.29, 0.717) is 35.3 Å². The number of benzene rings is 4. The second kappa shape index (κ2) is 12.9. The third-order valence-electron chi connectivity index (χ3n) is 7.65. The van der Waals surface area contributed by atoms with E-state index in [1.165, 1.54) is 5.56 Å². The van der Waals surface area contributed by atoms with E-state index < -0.39 is 6.09 Å². The summed E-state index contributed by atoms with van der Waals surface area (Å²) in [4.78, 5) is 40.9. The fourth-order valence-corrected chi connectivity index (χ4v) is 5.14. The lowest BCUT2D eigenvalue weighted by molar-refractivity contribution is 0.0947. The van der Waals surface area contributed by atoms with E-state index in [2.05, 4.69) is 43.5 Å². The van der Waals surface area contributed by atoms with Crippen LogP contribution >= 0.6 is 0 Å². The van der Waals surface area contributed by atoms with Crippen LogP contribution in [0.25, 0.3) is 0 Å². The molecule has 0 spiro atoms. The average Bonchev–Trinajstić information content (AvgIpc) is 3.34. The third-order valence-corrected chi connectivity index (χ3v) is 7.65. The number of cyclic esters (lactones) is 1. The molecule has 0 radical (unpaired) electrons. The molecule has 43 heavy (non-hydrogen) atoms. The minimum absolute atomic E-state index is 0.0451. The first-order chi connectivity index (χ1) is 20.7. The van der Waals surface area contributed by atoms with E-state index in [0.717, 1.165) is 11.1 Å². The number of nitrogens with zero attached hydrogens (tertiary/aromatic N) is 1. The molecular formula is C36H37N3O4. The van der Waals surface area contributed by atoms with Gasteiger partial charge < -0.3 is 15.4 Å². The second-order valence-electron chi connectivity index (χ2n) is 11.9. The Morgan fingerprint density at radius 3 is 2.19 bits per heavy atom. The first-order valence-electron chi connectivity index (χ1n) is 14.5. The van der Waals surface area contributed by atoms with Gasteiger partial charge in [-0.3, -0.25) is 14.5 Å². The number of carbonyl (C=O) groups is 3. The van der Waals surface area contributed by atoms with Crippen molar-refractivity contribution in [1.82, 2.24) is 10.2 Å². The van der Waals surface area contributed by atoms with Crippen LogP contribution in [-0.2, 0) is 29.7 Å². The Kier molecular flexibility index (Phi) is 8.90. The summed E-state index contributed by atoms with van der Waals surface area (Å²) < 4.78 is 5.43. The Labute approximate surface area is 252 Å². The van der Waals surface area contributed by atoms with Crippen LogP contribution in [-0.4, -0.2) is 35.5 Å². The van der Waals surface area contributed by atoms with Crippen LogP contribution in [0.3, 0.4) is 0 Å². The third kappa shape index (κ3) is 7.49. The summed E-state index contributed by atoms with van der Waals surface area (Å²) >= 11 is 0. The molecule has 2 N–H and O–H groups in total. The van der Waals surface area contributed by atoms with Gasteiger partial charge in [-0.25, -0.2) is 4.79 Å². The number of rotatable bonds is 9. The fraction of sp³-hybridized carbons (Fsp3) is 0.250. The number of carbonyl (C=O) groups excluding carboxylic acids is 3. The maximum Gasteiger partial charge on any atom is 0.410 e. The molecule has 1 fully saturated rings. The first kappa shape index (κ1) is 29.6. The minimum atomic E-state index is -0.426. The summed E-state index contributed by atoms with van der Waals surface area (Å²) in [6.45, 7) is 7.28. The van der Waals surface area contributed by atoms with Gasteiger partial charge in [-0.2, -0.15) is 0 Å². The maximum atomic E-state index is 13.5. The SMILES string of the molecule is CC(C)(C)c1ccc(CNC(=O)c2ccc(NC(=O)c3ccccc3)cc2CN2C(=O)OC[C@H]2Cc2ccccc2)cc1. The van der Waals surface area contributed by atoms with Crippen molar-refractivity contribution >= 4 is 23.6 Å². The largest absolute Gasteiger partial charge is 0.447 e. The molecular weight excluding hydrogens is 538 g/mol. The molecule has 220 valence electrons. The molecule has 1 aliphatic rings. The molecule has 0 aromatic heterocycles. The van der Waals surface area contributed by atoms with E-state index in [1.54, 1.807) is 47.4 Å². The smallest absolute Gasteiger partial charge is 0.410 e. The van der Waals surface area contributed by atoms with Gasteiger partial charge in [0, 0.05) is 23.4 Å². The van der Waals surface area contributed by atoms with E-state index in [1.807, 2.05) is 48.5 Å². The van der Waals surface area contributed by atoms with Gasteiger partial charge in [0.1, 0.15) is 6.61 Å². The second-order valence-corrected chi connectivity index (χ2v) is 11.9. The molecule has 0 bridgehead atoms. The highest BCUT2D eigenvalue weighted by atomic mass is 16.6. The highest BCUT2D eigenvalue weighted by Gasteiger charge is 2.34. The monoisotopic (exact) mass is 575 g/mol. The number of amides is 3. The zero-order chi connectivity index (χ0) is 30.4. The Balaban J connectivity index is 1.38. The van der Waals surface area contributed by atoms with Gasteiger partial charge in [-0.05, 0) is 64.4 Å². The predicted octanol–water partition coefficient (Wildman–Crippen LogP) is 6.73. The molecule has 1 heterocycles. The van der Waals surface area contributed by atoms with Crippen LogP contribution in [0.1, 0.15) is 63.7 Å². The Morgan fingerprint density at radius 1 is 0.837 bits per heavy atom. The first-order valence-corrected chi connectivity index (χ1v) is 14.5. The standard InChI is InChI=1S/C36H37N3O4/c1-36(2,3)29-16-14-26(15-17-29)22-37-34(41)32-19-18-30(38-33(40)27-12-8-5-9-13-27)21-28(32)23-39-31(24-43-35(39)42)20-25-10-6-4-7-11-25/h4-19,21,31H,20,22-24H2,1-3H3,(H,37,41)(H,38,40)/t31-/m1/s1. The molecule has 5 rings (SSSR count). The molecule has 4 aromatic rings. The molecule has 3 amide bonds. The van der Waals surface area contributed by atoms with E-state index in [9.17, 15) is 14.4 Å². The van der Waals surface area contributed by atoms with Crippen LogP contribution in [0.2, 0.25) is 0 Å². The van der Waals surface area contributed by atoms with Crippen molar-refractivity contribution in [3.8, 4) is 0 Å². The lowest BCUT2D eigenvalue weighted by atomic mass is 9.87. The lowest BCUT2D eigenvalue weighted by Crippen LogP contribution is -2.35. The van der Waals surface area contributed by atoms with Crippen molar-refractivity contribution in [3.05, 3.63) is 137 Å². The van der Waals surface area contributed by atoms with Crippen molar-refractivity contribution in [1.29, 1.82) is 0 Å². The van der Waals surface area contributed by atoms with Gasteiger partial charge in [0.15, 0.2) is 0 Å². The predicted molar refractivity (Wildman–Crippen MR) is 168 cm³/mol. The fourth-order valence-electron chi connectivity index (χ4n) is 5.14. The van der Waals surface area contributed by atoms with Crippen LogP contribution in [0.15, 0.2) is 103 Å². The van der Waals surface area contributed by atoms with Crippen molar-refractivity contribution in [3.63, 3.8) is 0 Å². The van der Waals surface area contributed by atoms with Gasteiger partial charge >= 0.3 is 6.09 Å². The summed E-state index contributed by atoms with van der Waals surface area (Å²) in [7, 11) is 0. The molecule has 7 heteroatoms. The van der Waals surface area contributed by atoms with Crippen molar-refractivity contribution in [2.45, 2.75) is 51.7 Å².